The van der Waals surface area contributed by atoms with Gasteiger partial charge >= 0.3 is 0 Å². The van der Waals surface area contributed by atoms with Crippen LogP contribution in [-0.2, 0) is 6.54 Å². The molecule has 3 nitrogen and oxygen atoms in total. The summed E-state index contributed by atoms with van der Waals surface area (Å²) in [6.07, 6.45) is 5.23. The molecule has 1 aromatic carbocycles. The third-order valence-corrected chi connectivity index (χ3v) is 4.25. The SMILES string of the molecule is COc1ccc(CNC2CCCC(C)(C)C2)cc1OC. The molecule has 0 aromatic heterocycles. The highest BCUT2D eigenvalue weighted by Crippen LogP contribution is 2.35. The Morgan fingerprint density at radius 3 is 2.60 bits per heavy atom. The van der Waals surface area contributed by atoms with E-state index in [-0.39, 0.29) is 0 Å². The summed E-state index contributed by atoms with van der Waals surface area (Å²) in [5.41, 5.74) is 1.72. The fourth-order valence-corrected chi connectivity index (χ4v) is 3.13. The van der Waals surface area contributed by atoms with Crippen LogP contribution in [0.15, 0.2) is 18.2 Å². The second kappa shape index (κ2) is 6.49. The van der Waals surface area contributed by atoms with Crippen LogP contribution in [0, 0.1) is 5.41 Å². The number of hydrogen-bond acceptors (Lipinski definition) is 3. The maximum absolute atomic E-state index is 5.35. The predicted octanol–water partition coefficient (Wildman–Crippen LogP) is 3.76. The van der Waals surface area contributed by atoms with Crippen molar-refractivity contribution in [3.05, 3.63) is 23.8 Å². The van der Waals surface area contributed by atoms with Crippen LogP contribution in [0.4, 0.5) is 0 Å². The van der Waals surface area contributed by atoms with Crippen LogP contribution in [0.3, 0.4) is 0 Å². The quantitative estimate of drug-likeness (QED) is 0.889. The van der Waals surface area contributed by atoms with E-state index in [0.717, 1.165) is 18.0 Å². The lowest BCUT2D eigenvalue weighted by Crippen LogP contribution is -2.36. The Morgan fingerprint density at radius 2 is 1.95 bits per heavy atom. The normalized spacial score (nSPS) is 21.5. The first-order chi connectivity index (χ1) is 9.54. The van der Waals surface area contributed by atoms with Crippen LogP contribution in [0.1, 0.15) is 45.1 Å². The van der Waals surface area contributed by atoms with Crippen molar-refractivity contribution in [1.82, 2.24) is 5.32 Å². The Morgan fingerprint density at radius 1 is 1.20 bits per heavy atom. The molecule has 3 heteroatoms. The lowest BCUT2D eigenvalue weighted by Gasteiger charge is -2.35. The van der Waals surface area contributed by atoms with E-state index < -0.39 is 0 Å². The van der Waals surface area contributed by atoms with Crippen LogP contribution in [-0.4, -0.2) is 20.3 Å². The highest BCUT2D eigenvalue weighted by molar-refractivity contribution is 5.42. The zero-order valence-electron chi connectivity index (χ0n) is 13.2. The summed E-state index contributed by atoms with van der Waals surface area (Å²) in [6, 6.07) is 6.76. The van der Waals surface area contributed by atoms with Gasteiger partial charge in [-0.1, -0.05) is 26.3 Å². The monoisotopic (exact) mass is 277 g/mol. The van der Waals surface area contributed by atoms with Crippen molar-refractivity contribution in [1.29, 1.82) is 0 Å². The molecule has 1 aromatic rings. The van der Waals surface area contributed by atoms with Gasteiger partial charge in [0.15, 0.2) is 11.5 Å². The maximum atomic E-state index is 5.35. The molecule has 1 aliphatic carbocycles. The van der Waals surface area contributed by atoms with Crippen LogP contribution in [0.2, 0.25) is 0 Å². The average Bonchev–Trinajstić information content (AvgIpc) is 2.43. The zero-order valence-corrected chi connectivity index (χ0v) is 13.2. The van der Waals surface area contributed by atoms with E-state index in [1.807, 2.05) is 6.07 Å². The second-order valence-corrected chi connectivity index (χ2v) is 6.53. The molecule has 0 aliphatic heterocycles. The molecule has 2 rings (SSSR count). The minimum absolute atomic E-state index is 0.480. The van der Waals surface area contributed by atoms with Crippen molar-refractivity contribution in [3.8, 4) is 11.5 Å². The summed E-state index contributed by atoms with van der Waals surface area (Å²) < 4.78 is 10.6. The molecule has 0 spiro atoms. The first-order valence-electron chi connectivity index (χ1n) is 7.48. The maximum Gasteiger partial charge on any atom is 0.161 e. The number of nitrogens with one attached hydrogen (secondary N) is 1. The molecule has 0 heterocycles. The number of hydrogen-bond donors (Lipinski definition) is 1. The highest BCUT2D eigenvalue weighted by Gasteiger charge is 2.27. The Bertz CT molecular complexity index is 443. The summed E-state index contributed by atoms with van der Waals surface area (Å²) in [5, 5.41) is 3.69. The molecule has 1 N–H and O–H groups in total. The van der Waals surface area contributed by atoms with E-state index in [1.165, 1.54) is 31.2 Å². The van der Waals surface area contributed by atoms with Crippen LogP contribution in [0.25, 0.3) is 0 Å². The molecule has 1 unspecified atom stereocenters. The molecule has 20 heavy (non-hydrogen) atoms. The van der Waals surface area contributed by atoms with E-state index in [1.54, 1.807) is 14.2 Å². The molecule has 0 bridgehead atoms. The smallest absolute Gasteiger partial charge is 0.161 e. The van der Waals surface area contributed by atoms with Gasteiger partial charge in [0.2, 0.25) is 0 Å². The van der Waals surface area contributed by atoms with E-state index in [9.17, 15) is 0 Å². The Kier molecular flexibility index (Phi) is 4.92. The molecule has 1 saturated carbocycles. The molecular weight excluding hydrogens is 250 g/mol. The largest absolute Gasteiger partial charge is 0.493 e. The van der Waals surface area contributed by atoms with Crippen LogP contribution < -0.4 is 14.8 Å². The van der Waals surface area contributed by atoms with Crippen molar-refractivity contribution in [2.75, 3.05) is 14.2 Å². The molecule has 0 amide bonds. The topological polar surface area (TPSA) is 30.5 Å². The van der Waals surface area contributed by atoms with Gasteiger partial charge < -0.3 is 14.8 Å². The molecule has 0 radical (unpaired) electrons. The minimum atomic E-state index is 0.480. The van der Waals surface area contributed by atoms with E-state index in [0.29, 0.717) is 11.5 Å². The lowest BCUT2D eigenvalue weighted by molar-refractivity contribution is 0.197. The Labute approximate surface area is 122 Å². The molecule has 1 fully saturated rings. The van der Waals surface area contributed by atoms with Gasteiger partial charge in [-0.05, 0) is 42.4 Å². The van der Waals surface area contributed by atoms with E-state index in [2.05, 4.69) is 31.3 Å². The summed E-state index contributed by atoms with van der Waals surface area (Å²) in [6.45, 7) is 5.63. The number of ether oxygens (including phenoxy) is 2. The van der Waals surface area contributed by atoms with Crippen molar-refractivity contribution >= 4 is 0 Å². The van der Waals surface area contributed by atoms with Gasteiger partial charge in [-0.15, -0.1) is 0 Å². The average molecular weight is 277 g/mol. The van der Waals surface area contributed by atoms with Crippen molar-refractivity contribution in [2.24, 2.45) is 5.41 Å². The first-order valence-corrected chi connectivity index (χ1v) is 7.48. The third kappa shape index (κ3) is 3.89. The van der Waals surface area contributed by atoms with Gasteiger partial charge in [0.25, 0.3) is 0 Å². The number of methoxy groups -OCH3 is 2. The summed E-state index contributed by atoms with van der Waals surface area (Å²) in [7, 11) is 3.35. The molecule has 112 valence electrons. The molecular formula is C17H27NO2. The Balaban J connectivity index is 1.93. The molecule has 0 saturated heterocycles. The number of benzene rings is 1. The van der Waals surface area contributed by atoms with Crippen LogP contribution >= 0.6 is 0 Å². The van der Waals surface area contributed by atoms with Gasteiger partial charge in [-0.2, -0.15) is 0 Å². The van der Waals surface area contributed by atoms with Gasteiger partial charge in [0.05, 0.1) is 14.2 Å². The zero-order chi connectivity index (χ0) is 14.6. The van der Waals surface area contributed by atoms with E-state index in [4.69, 9.17) is 9.47 Å². The standard InChI is InChI=1S/C17H27NO2/c1-17(2)9-5-6-14(11-17)18-12-13-7-8-15(19-3)16(10-13)20-4/h7-8,10,14,18H,5-6,9,11-12H2,1-4H3. The summed E-state index contributed by atoms with van der Waals surface area (Å²) >= 11 is 0. The lowest BCUT2D eigenvalue weighted by atomic mass is 9.75. The Hall–Kier alpha value is -1.22. The highest BCUT2D eigenvalue weighted by atomic mass is 16.5. The van der Waals surface area contributed by atoms with Gasteiger partial charge in [0, 0.05) is 12.6 Å². The third-order valence-electron chi connectivity index (χ3n) is 4.25. The van der Waals surface area contributed by atoms with Crippen molar-refractivity contribution in [3.63, 3.8) is 0 Å². The van der Waals surface area contributed by atoms with Crippen molar-refractivity contribution < 1.29 is 9.47 Å². The van der Waals surface area contributed by atoms with Crippen LogP contribution in [0.5, 0.6) is 11.5 Å². The predicted molar refractivity (Wildman–Crippen MR) is 82.4 cm³/mol. The van der Waals surface area contributed by atoms with Gasteiger partial charge in [0.1, 0.15) is 0 Å². The minimum Gasteiger partial charge on any atom is -0.493 e. The second-order valence-electron chi connectivity index (χ2n) is 6.53. The molecule has 1 aliphatic rings. The first kappa shape index (κ1) is 15.2. The van der Waals surface area contributed by atoms with Gasteiger partial charge in [-0.3, -0.25) is 0 Å². The summed E-state index contributed by atoms with van der Waals surface area (Å²) in [4.78, 5) is 0. The fourth-order valence-electron chi connectivity index (χ4n) is 3.13. The van der Waals surface area contributed by atoms with E-state index >= 15 is 0 Å². The fraction of sp³-hybridized carbons (Fsp3) is 0.647. The van der Waals surface area contributed by atoms with Crippen molar-refractivity contribution in [2.45, 2.75) is 52.1 Å². The number of rotatable bonds is 5. The molecule has 1 atom stereocenters. The summed E-state index contributed by atoms with van der Waals surface area (Å²) in [5.74, 6) is 1.59. The van der Waals surface area contributed by atoms with Gasteiger partial charge in [-0.25, -0.2) is 0 Å².